The van der Waals surface area contributed by atoms with E-state index in [9.17, 15) is 9.59 Å². The lowest BCUT2D eigenvalue weighted by Crippen LogP contribution is -2.21. The van der Waals surface area contributed by atoms with Crippen molar-refractivity contribution in [3.05, 3.63) is 45.6 Å². The predicted molar refractivity (Wildman–Crippen MR) is 81.3 cm³/mol. The number of nitrogens with one attached hydrogen (secondary N) is 1. The first-order valence-electron chi connectivity index (χ1n) is 6.28. The Morgan fingerprint density at radius 3 is 2.62 bits per heavy atom. The third-order valence-corrected chi connectivity index (χ3v) is 3.97. The average molecular weight is 305 g/mol. The summed E-state index contributed by atoms with van der Waals surface area (Å²) < 4.78 is 5.43. The first-order valence-corrected chi connectivity index (χ1v) is 7.16. The molecule has 0 radical (unpaired) electrons. The summed E-state index contributed by atoms with van der Waals surface area (Å²) in [6.07, 6.45) is 0. The molecule has 1 aromatic heterocycles. The Labute approximate surface area is 126 Å². The van der Waals surface area contributed by atoms with Crippen molar-refractivity contribution in [1.82, 2.24) is 0 Å². The van der Waals surface area contributed by atoms with E-state index in [2.05, 4.69) is 5.32 Å². The molecule has 5 nitrogen and oxygen atoms in total. The lowest BCUT2D eigenvalue weighted by molar-refractivity contribution is -0.118. The molecule has 1 heterocycles. The average Bonchev–Trinajstić information content (AvgIpc) is 2.79. The maximum atomic E-state index is 11.9. The first-order chi connectivity index (χ1) is 9.99. The van der Waals surface area contributed by atoms with E-state index in [0.717, 1.165) is 22.5 Å². The van der Waals surface area contributed by atoms with Gasteiger partial charge in [-0.25, -0.2) is 4.79 Å². The van der Waals surface area contributed by atoms with Crippen molar-refractivity contribution in [1.29, 1.82) is 0 Å². The van der Waals surface area contributed by atoms with Crippen molar-refractivity contribution < 1.29 is 19.4 Å². The summed E-state index contributed by atoms with van der Waals surface area (Å²) in [6.45, 7) is 3.47. The van der Waals surface area contributed by atoms with Crippen molar-refractivity contribution in [3.8, 4) is 5.75 Å². The molecule has 1 aromatic carbocycles. The number of hydrogen-bond donors (Lipinski definition) is 2. The predicted octanol–water partition coefficient (Wildman–Crippen LogP) is 3.08. The number of ether oxygens (including phenoxy) is 1. The van der Waals surface area contributed by atoms with Crippen molar-refractivity contribution in [2.75, 3.05) is 11.9 Å². The topological polar surface area (TPSA) is 75.6 Å². The SMILES string of the molecule is Cc1ccccc1OCC(=O)Nc1c(C)csc1C(=O)O. The van der Waals surface area contributed by atoms with Gasteiger partial charge in [-0.1, -0.05) is 18.2 Å². The number of rotatable bonds is 5. The number of carbonyl (C=O) groups excluding carboxylic acids is 1. The zero-order valence-electron chi connectivity index (χ0n) is 11.7. The highest BCUT2D eigenvalue weighted by Crippen LogP contribution is 2.27. The van der Waals surface area contributed by atoms with E-state index in [0.29, 0.717) is 11.4 Å². The van der Waals surface area contributed by atoms with Crippen LogP contribution in [-0.2, 0) is 4.79 Å². The van der Waals surface area contributed by atoms with Gasteiger partial charge in [0.25, 0.3) is 5.91 Å². The molecule has 0 unspecified atom stereocenters. The fourth-order valence-corrected chi connectivity index (χ4v) is 2.64. The van der Waals surface area contributed by atoms with Gasteiger partial charge in [-0.2, -0.15) is 0 Å². The van der Waals surface area contributed by atoms with E-state index in [1.54, 1.807) is 18.4 Å². The molecule has 2 aromatic rings. The van der Waals surface area contributed by atoms with Crippen LogP contribution in [0.5, 0.6) is 5.75 Å². The summed E-state index contributed by atoms with van der Waals surface area (Å²) in [6, 6.07) is 7.38. The largest absolute Gasteiger partial charge is 0.483 e. The van der Waals surface area contributed by atoms with Crippen LogP contribution >= 0.6 is 11.3 Å². The van der Waals surface area contributed by atoms with Crippen molar-refractivity contribution in [3.63, 3.8) is 0 Å². The first kappa shape index (κ1) is 15.1. The maximum Gasteiger partial charge on any atom is 0.348 e. The van der Waals surface area contributed by atoms with Crippen LogP contribution in [0.15, 0.2) is 29.6 Å². The highest BCUT2D eigenvalue weighted by atomic mass is 32.1. The van der Waals surface area contributed by atoms with E-state index in [1.165, 1.54) is 0 Å². The monoisotopic (exact) mass is 305 g/mol. The van der Waals surface area contributed by atoms with Crippen LogP contribution in [0, 0.1) is 13.8 Å². The second-order valence-corrected chi connectivity index (χ2v) is 5.41. The number of carboxylic acids is 1. The normalized spacial score (nSPS) is 10.2. The Kier molecular flexibility index (Phi) is 4.59. The lowest BCUT2D eigenvalue weighted by atomic mass is 10.2. The van der Waals surface area contributed by atoms with Gasteiger partial charge in [0.15, 0.2) is 6.61 Å². The second-order valence-electron chi connectivity index (χ2n) is 4.53. The van der Waals surface area contributed by atoms with Crippen LogP contribution in [0.2, 0.25) is 0 Å². The fourth-order valence-electron chi connectivity index (χ4n) is 1.79. The van der Waals surface area contributed by atoms with Crippen molar-refractivity contribution in [2.24, 2.45) is 0 Å². The molecule has 0 aliphatic rings. The molecule has 110 valence electrons. The number of carbonyl (C=O) groups is 2. The smallest absolute Gasteiger partial charge is 0.348 e. The number of carboxylic acid groups (broad SMARTS) is 1. The quantitative estimate of drug-likeness (QED) is 0.890. The minimum Gasteiger partial charge on any atom is -0.483 e. The summed E-state index contributed by atoms with van der Waals surface area (Å²) in [5.41, 5.74) is 2.00. The Balaban J connectivity index is 2.01. The van der Waals surface area contributed by atoms with Crippen molar-refractivity contribution in [2.45, 2.75) is 13.8 Å². The number of thiophene rings is 1. The molecule has 0 atom stereocenters. The molecule has 0 aliphatic carbocycles. The number of hydrogen-bond acceptors (Lipinski definition) is 4. The van der Waals surface area contributed by atoms with E-state index in [-0.39, 0.29) is 17.4 Å². The van der Waals surface area contributed by atoms with Crippen LogP contribution < -0.4 is 10.1 Å². The third-order valence-electron chi connectivity index (χ3n) is 2.89. The van der Waals surface area contributed by atoms with Crippen LogP contribution in [0.3, 0.4) is 0 Å². The summed E-state index contributed by atoms with van der Waals surface area (Å²) in [5, 5.41) is 13.4. The van der Waals surface area contributed by atoms with E-state index in [1.807, 2.05) is 25.1 Å². The summed E-state index contributed by atoms with van der Waals surface area (Å²) in [4.78, 5) is 23.1. The molecule has 1 amide bonds. The Bertz CT molecular complexity index is 678. The van der Waals surface area contributed by atoms with Gasteiger partial charge < -0.3 is 15.2 Å². The number of para-hydroxylation sites is 1. The highest BCUT2D eigenvalue weighted by molar-refractivity contribution is 7.12. The summed E-state index contributed by atoms with van der Waals surface area (Å²) in [7, 11) is 0. The van der Waals surface area contributed by atoms with Gasteiger partial charge in [0.1, 0.15) is 10.6 Å². The minimum absolute atomic E-state index is 0.122. The van der Waals surface area contributed by atoms with Gasteiger partial charge in [-0.15, -0.1) is 11.3 Å². The van der Waals surface area contributed by atoms with E-state index in [4.69, 9.17) is 9.84 Å². The zero-order valence-corrected chi connectivity index (χ0v) is 12.5. The number of benzene rings is 1. The summed E-state index contributed by atoms with van der Waals surface area (Å²) in [5.74, 6) is -0.807. The van der Waals surface area contributed by atoms with Crippen LogP contribution in [0.4, 0.5) is 5.69 Å². The molecule has 2 rings (SSSR count). The standard InChI is InChI=1S/C15H15NO4S/c1-9-5-3-4-6-11(9)20-7-12(17)16-13-10(2)8-21-14(13)15(18)19/h3-6,8H,7H2,1-2H3,(H,16,17)(H,18,19). The van der Waals surface area contributed by atoms with Gasteiger partial charge >= 0.3 is 5.97 Å². The summed E-state index contributed by atoms with van der Waals surface area (Å²) >= 11 is 1.09. The van der Waals surface area contributed by atoms with Gasteiger partial charge in [0.2, 0.25) is 0 Å². The molecule has 0 aliphatic heterocycles. The molecule has 0 saturated carbocycles. The molecule has 0 spiro atoms. The molecule has 0 fully saturated rings. The molecule has 21 heavy (non-hydrogen) atoms. The number of aromatic carboxylic acids is 1. The Morgan fingerprint density at radius 2 is 1.95 bits per heavy atom. The lowest BCUT2D eigenvalue weighted by Gasteiger charge is -2.10. The highest BCUT2D eigenvalue weighted by Gasteiger charge is 2.17. The van der Waals surface area contributed by atoms with Crippen molar-refractivity contribution >= 4 is 28.9 Å². The zero-order chi connectivity index (χ0) is 15.4. The van der Waals surface area contributed by atoms with Crippen LogP contribution in [0.25, 0.3) is 0 Å². The van der Waals surface area contributed by atoms with Gasteiger partial charge in [0.05, 0.1) is 5.69 Å². The van der Waals surface area contributed by atoms with E-state index >= 15 is 0 Å². The van der Waals surface area contributed by atoms with Gasteiger partial charge in [0, 0.05) is 0 Å². The Morgan fingerprint density at radius 1 is 1.24 bits per heavy atom. The second kappa shape index (κ2) is 6.41. The van der Waals surface area contributed by atoms with Crippen LogP contribution in [0.1, 0.15) is 20.8 Å². The molecular weight excluding hydrogens is 290 g/mol. The fraction of sp³-hybridized carbons (Fsp3) is 0.200. The number of aryl methyl sites for hydroxylation is 2. The molecular formula is C15H15NO4S. The van der Waals surface area contributed by atoms with Gasteiger partial charge in [-0.3, -0.25) is 4.79 Å². The van der Waals surface area contributed by atoms with Crippen LogP contribution in [-0.4, -0.2) is 23.6 Å². The number of amides is 1. The molecule has 6 heteroatoms. The molecule has 0 saturated heterocycles. The molecule has 2 N–H and O–H groups in total. The Hall–Kier alpha value is -2.34. The minimum atomic E-state index is -1.05. The molecule has 0 bridgehead atoms. The van der Waals surface area contributed by atoms with Gasteiger partial charge in [-0.05, 0) is 36.4 Å². The third kappa shape index (κ3) is 3.61. The maximum absolute atomic E-state index is 11.9. The van der Waals surface area contributed by atoms with E-state index < -0.39 is 5.97 Å². The number of anilines is 1.